The number of phenolic OH excluding ortho intramolecular Hbond substituents is 1. The third-order valence-corrected chi connectivity index (χ3v) is 15.8. The zero-order valence-corrected chi connectivity index (χ0v) is 52.1. The van der Waals surface area contributed by atoms with Crippen LogP contribution in [0.1, 0.15) is 101 Å². The molecule has 0 bridgehead atoms. The number of carboxylic acid groups (broad SMARTS) is 2. The van der Waals surface area contributed by atoms with E-state index < -0.39 is 157 Å². The molecule has 4 aromatic carbocycles. The standard InChI is InChI=1S/C66H85N11O15/c1-38(2)32-47-59(85)75-52(36-42-20-12-7-13-21-42)66(92)77-31-15-23-53(77)64(90)74-49(34-41-18-10-6-11-19-41)61(87)72-48(33-40-16-8-5-9-17-40)60(86)73-51(37-55(81)82)62(88)68-46(28-29-54(79)80)58(84)71-50(35-43-24-26-44(78)27-25-43)63(89)76-56(39(3)4)65(91)69-45(22-14-30-67)57(83)70-47/h5-13,16-21,24-27,38-39,45-53,56,78H,14-15,22-23,28-37,67H2,1-4H3,(H,68,88)(H,69,91)(H,70,83)(H,71,84)(H,72,87)(H,73,86)(H,74,90)(H,75,85)(H,76,89)(H,79,80)(H,81,82)/t45-,46-,47-,48?,49-,50-,51-,52+,53-,56-/m0/s1. The first-order valence-electron chi connectivity index (χ1n) is 31.0. The van der Waals surface area contributed by atoms with Gasteiger partial charge in [-0.15, -0.1) is 0 Å². The highest BCUT2D eigenvalue weighted by Gasteiger charge is 2.42. The second-order valence-electron chi connectivity index (χ2n) is 23.9. The lowest BCUT2D eigenvalue weighted by Gasteiger charge is -2.32. The average molecular weight is 1270 g/mol. The summed E-state index contributed by atoms with van der Waals surface area (Å²) in [6.07, 6.45) is -2.60. The van der Waals surface area contributed by atoms with Crippen molar-refractivity contribution in [1.29, 1.82) is 0 Å². The van der Waals surface area contributed by atoms with Crippen LogP contribution in [0.15, 0.2) is 115 Å². The van der Waals surface area contributed by atoms with Crippen LogP contribution in [0.5, 0.6) is 5.75 Å². The van der Waals surface area contributed by atoms with Crippen molar-refractivity contribution in [2.45, 2.75) is 165 Å². The van der Waals surface area contributed by atoms with Crippen LogP contribution in [-0.4, -0.2) is 165 Å². The van der Waals surface area contributed by atoms with E-state index in [2.05, 4.69) is 47.9 Å². The lowest BCUT2D eigenvalue weighted by atomic mass is 9.99. The van der Waals surface area contributed by atoms with Gasteiger partial charge < -0.3 is 73.8 Å². The van der Waals surface area contributed by atoms with E-state index in [1.165, 1.54) is 29.2 Å². The van der Waals surface area contributed by atoms with Gasteiger partial charge >= 0.3 is 11.9 Å². The van der Waals surface area contributed by atoms with Crippen molar-refractivity contribution in [3.63, 3.8) is 0 Å². The number of hydrogen-bond donors (Lipinski definition) is 13. The van der Waals surface area contributed by atoms with Crippen LogP contribution >= 0.6 is 0 Å². The van der Waals surface area contributed by atoms with Gasteiger partial charge in [-0.3, -0.25) is 57.5 Å². The van der Waals surface area contributed by atoms with Gasteiger partial charge in [-0.2, -0.15) is 0 Å². The van der Waals surface area contributed by atoms with Crippen molar-refractivity contribution in [1.82, 2.24) is 52.8 Å². The largest absolute Gasteiger partial charge is 0.508 e. The number of carboxylic acids is 2. The second kappa shape index (κ2) is 35.0. The van der Waals surface area contributed by atoms with Gasteiger partial charge in [0.2, 0.25) is 59.1 Å². The summed E-state index contributed by atoms with van der Waals surface area (Å²) in [5, 5.41) is 53.9. The van der Waals surface area contributed by atoms with E-state index in [1.807, 2.05) is 13.8 Å². The molecule has 2 saturated heterocycles. The predicted molar refractivity (Wildman–Crippen MR) is 336 cm³/mol. The first-order valence-corrected chi connectivity index (χ1v) is 31.0. The highest BCUT2D eigenvalue weighted by molar-refractivity contribution is 6.00. The van der Waals surface area contributed by atoms with E-state index in [1.54, 1.807) is 105 Å². The van der Waals surface area contributed by atoms with Crippen molar-refractivity contribution < 1.29 is 72.9 Å². The first-order chi connectivity index (χ1) is 43.9. The Kier molecular flexibility index (Phi) is 27.2. The van der Waals surface area contributed by atoms with Crippen LogP contribution in [-0.2, 0) is 83.2 Å². The molecule has 0 spiro atoms. The minimum atomic E-state index is -2.00. The summed E-state index contributed by atoms with van der Waals surface area (Å²) in [6.45, 7) is 6.96. The van der Waals surface area contributed by atoms with Gasteiger partial charge in [0.25, 0.3) is 0 Å². The number of benzene rings is 4. The second-order valence-corrected chi connectivity index (χ2v) is 23.9. The summed E-state index contributed by atoms with van der Waals surface area (Å²) in [4.78, 5) is 173. The van der Waals surface area contributed by atoms with Crippen molar-refractivity contribution in [3.05, 3.63) is 138 Å². The van der Waals surface area contributed by atoms with Crippen LogP contribution in [0.2, 0.25) is 0 Å². The van der Waals surface area contributed by atoms with Gasteiger partial charge in [0.1, 0.15) is 66.2 Å². The minimum Gasteiger partial charge on any atom is -0.508 e. The molecule has 10 atom stereocenters. The molecule has 92 heavy (non-hydrogen) atoms. The zero-order chi connectivity index (χ0) is 67.0. The smallest absolute Gasteiger partial charge is 0.305 e. The summed E-state index contributed by atoms with van der Waals surface area (Å²) in [6, 6.07) is 16.1. The molecule has 2 fully saturated rings. The maximum absolute atomic E-state index is 15.1. The normalized spacial score (nSPS) is 23.9. The maximum Gasteiger partial charge on any atom is 0.305 e. The van der Waals surface area contributed by atoms with Crippen molar-refractivity contribution in [3.8, 4) is 5.75 Å². The Morgan fingerprint density at radius 3 is 1.34 bits per heavy atom. The molecule has 2 aliphatic rings. The number of fused-ring (bicyclic) bond motifs is 1. The Balaban J connectivity index is 1.46. The molecule has 26 heteroatoms. The third kappa shape index (κ3) is 22.0. The Morgan fingerprint density at radius 1 is 0.467 bits per heavy atom. The Labute approximate surface area is 533 Å². The fourth-order valence-electron chi connectivity index (χ4n) is 10.9. The maximum atomic E-state index is 15.1. The molecule has 6 rings (SSSR count). The summed E-state index contributed by atoms with van der Waals surface area (Å²) in [5.74, 6) is -13.3. The zero-order valence-electron chi connectivity index (χ0n) is 52.1. The predicted octanol–water partition coefficient (Wildman–Crippen LogP) is 0.811. The highest BCUT2D eigenvalue weighted by atomic mass is 16.4. The van der Waals surface area contributed by atoms with Gasteiger partial charge in [0, 0.05) is 38.6 Å². The molecule has 4 aromatic rings. The van der Waals surface area contributed by atoms with Gasteiger partial charge in [0.05, 0.1) is 6.42 Å². The van der Waals surface area contributed by atoms with Gasteiger partial charge in [-0.05, 0) is 91.3 Å². The number of carbonyl (C=O) groups is 12. The summed E-state index contributed by atoms with van der Waals surface area (Å²) in [5.41, 5.74) is 7.98. The number of hydrogen-bond acceptors (Lipinski definition) is 14. The molecule has 0 aliphatic carbocycles. The highest BCUT2D eigenvalue weighted by Crippen LogP contribution is 2.22. The summed E-state index contributed by atoms with van der Waals surface area (Å²) < 4.78 is 0. The molecule has 2 heterocycles. The van der Waals surface area contributed by atoms with Crippen molar-refractivity contribution in [2.75, 3.05) is 13.1 Å². The van der Waals surface area contributed by atoms with Gasteiger partial charge in [-0.25, -0.2) is 0 Å². The number of phenols is 1. The molecule has 1 unspecified atom stereocenters. The molecular formula is C66H85N11O15. The molecule has 14 N–H and O–H groups in total. The number of nitrogens with one attached hydrogen (secondary N) is 9. The average Bonchev–Trinajstić information content (AvgIpc) is 1.56. The Morgan fingerprint density at radius 2 is 0.859 bits per heavy atom. The van der Waals surface area contributed by atoms with Gasteiger partial charge in [0.15, 0.2) is 0 Å². The van der Waals surface area contributed by atoms with Crippen LogP contribution < -0.4 is 53.6 Å². The Bertz CT molecular complexity index is 3210. The SMILES string of the molecule is CC(C)C[C@@H]1NC(=O)[C@H](CCCN)NC(=O)[C@H](C(C)C)NC(=O)[C@H](Cc2ccc(O)cc2)NC(=O)[C@H](CCC(=O)O)NC(=O)[C@H](CC(=O)O)NC(=O)C(Cc2ccccc2)NC(=O)[C@H](Cc2ccccc2)NC(=O)[C@@H]2CCCN2C(=O)[C@@H](Cc2ccccc2)NC1=O. The van der Waals surface area contributed by atoms with Crippen LogP contribution in [0, 0.1) is 11.8 Å². The minimum absolute atomic E-state index is 0.0431. The van der Waals surface area contributed by atoms with Crippen molar-refractivity contribution >= 4 is 71.0 Å². The fraction of sp³-hybridized carbons (Fsp3) is 0.455. The van der Waals surface area contributed by atoms with Crippen molar-refractivity contribution in [2.24, 2.45) is 17.6 Å². The monoisotopic (exact) mass is 1270 g/mol. The number of carbonyl (C=O) groups excluding carboxylic acids is 10. The lowest BCUT2D eigenvalue weighted by Crippen LogP contribution is -2.62. The molecule has 0 aromatic heterocycles. The quantitative estimate of drug-likeness (QED) is 0.0618. The molecule has 10 amide bonds. The number of aromatic hydroxyl groups is 1. The van der Waals surface area contributed by atoms with E-state index >= 15 is 4.79 Å². The van der Waals surface area contributed by atoms with E-state index in [-0.39, 0.29) is 76.1 Å². The Hall–Kier alpha value is -9.72. The van der Waals surface area contributed by atoms with Crippen LogP contribution in [0.3, 0.4) is 0 Å². The summed E-state index contributed by atoms with van der Waals surface area (Å²) >= 11 is 0. The lowest BCUT2D eigenvalue weighted by molar-refractivity contribution is -0.143. The first kappa shape index (κ1) is 71.4. The van der Waals surface area contributed by atoms with E-state index in [0.29, 0.717) is 28.7 Å². The molecule has 0 radical (unpaired) electrons. The number of rotatable bonds is 19. The van der Waals surface area contributed by atoms with E-state index in [9.17, 15) is 68.1 Å². The number of aliphatic carboxylic acids is 2. The number of nitrogens with zero attached hydrogens (tertiary/aromatic N) is 1. The van der Waals surface area contributed by atoms with Crippen LogP contribution in [0.25, 0.3) is 0 Å². The molecule has 2 aliphatic heterocycles. The number of amides is 10. The molecule has 26 nitrogen and oxygen atoms in total. The molecule has 494 valence electrons. The van der Waals surface area contributed by atoms with Crippen LogP contribution in [0.4, 0.5) is 0 Å². The molecular weight excluding hydrogens is 1190 g/mol. The molecule has 0 saturated carbocycles. The third-order valence-electron chi connectivity index (χ3n) is 15.8. The van der Waals surface area contributed by atoms with Gasteiger partial charge in [-0.1, -0.05) is 131 Å². The summed E-state index contributed by atoms with van der Waals surface area (Å²) in [7, 11) is 0. The fourth-order valence-corrected chi connectivity index (χ4v) is 10.9. The van der Waals surface area contributed by atoms with E-state index in [4.69, 9.17) is 5.73 Å². The van der Waals surface area contributed by atoms with E-state index in [0.717, 1.165) is 0 Å². The topological polar surface area (TPSA) is 403 Å². The number of nitrogens with two attached hydrogens (primary N) is 1.